The van der Waals surface area contributed by atoms with Crippen molar-refractivity contribution in [2.45, 2.75) is 12.2 Å². The molecule has 3 rings (SSSR count). The zero-order valence-corrected chi connectivity index (χ0v) is 13.1. The topological polar surface area (TPSA) is 46.5 Å². The number of rotatable bonds is 6. The standard InChI is InChI=1S/C21H18O3/c22-16-21(23,18-9-5-2-6-10-18)19-11-13-20(14-12-19)24-15-17-7-3-1-4-8-17/h1-14,16,23H,15H2. The molecule has 0 aromatic heterocycles. The molecule has 0 saturated heterocycles. The lowest BCUT2D eigenvalue weighted by Crippen LogP contribution is -2.28. The Balaban J connectivity index is 1.77. The molecule has 3 nitrogen and oxygen atoms in total. The molecular weight excluding hydrogens is 300 g/mol. The average molecular weight is 318 g/mol. The first-order valence-electron chi connectivity index (χ1n) is 7.74. The van der Waals surface area contributed by atoms with Gasteiger partial charge < -0.3 is 9.84 Å². The monoisotopic (exact) mass is 318 g/mol. The highest BCUT2D eigenvalue weighted by Gasteiger charge is 2.30. The van der Waals surface area contributed by atoms with Crippen LogP contribution < -0.4 is 4.74 Å². The number of carbonyl (C=O) groups excluding carboxylic acids is 1. The van der Waals surface area contributed by atoms with Gasteiger partial charge in [-0.15, -0.1) is 0 Å². The fourth-order valence-corrected chi connectivity index (χ4v) is 2.54. The summed E-state index contributed by atoms with van der Waals surface area (Å²) in [6.07, 6.45) is 0.558. The normalized spacial score (nSPS) is 13.0. The highest BCUT2D eigenvalue weighted by Crippen LogP contribution is 2.29. The quantitative estimate of drug-likeness (QED) is 0.705. The molecule has 0 bridgehead atoms. The van der Waals surface area contributed by atoms with Crippen LogP contribution >= 0.6 is 0 Å². The van der Waals surface area contributed by atoms with E-state index in [2.05, 4.69) is 0 Å². The predicted molar refractivity (Wildman–Crippen MR) is 92.7 cm³/mol. The molecule has 3 aromatic rings. The van der Waals surface area contributed by atoms with Crippen molar-refractivity contribution in [1.29, 1.82) is 0 Å². The van der Waals surface area contributed by atoms with E-state index in [1.807, 2.05) is 36.4 Å². The third kappa shape index (κ3) is 3.36. The van der Waals surface area contributed by atoms with E-state index in [9.17, 15) is 9.90 Å². The van der Waals surface area contributed by atoms with Crippen LogP contribution in [0.15, 0.2) is 84.9 Å². The van der Waals surface area contributed by atoms with E-state index in [1.54, 1.807) is 48.5 Å². The van der Waals surface area contributed by atoms with E-state index < -0.39 is 5.60 Å². The SMILES string of the molecule is O=CC(O)(c1ccccc1)c1ccc(OCc2ccccc2)cc1. The molecule has 0 aliphatic carbocycles. The van der Waals surface area contributed by atoms with Crippen LogP contribution in [-0.2, 0) is 17.0 Å². The van der Waals surface area contributed by atoms with Gasteiger partial charge in [-0.05, 0) is 28.8 Å². The Bertz CT molecular complexity index is 782. The zero-order valence-electron chi connectivity index (χ0n) is 13.1. The fraction of sp³-hybridized carbons (Fsp3) is 0.0952. The largest absolute Gasteiger partial charge is 0.489 e. The first kappa shape index (κ1) is 16.0. The second kappa shape index (κ2) is 7.11. The second-order valence-electron chi connectivity index (χ2n) is 5.55. The maximum atomic E-state index is 11.5. The molecular formula is C21H18O3. The van der Waals surface area contributed by atoms with E-state index in [0.29, 0.717) is 29.8 Å². The van der Waals surface area contributed by atoms with Crippen molar-refractivity contribution < 1.29 is 14.6 Å². The van der Waals surface area contributed by atoms with Gasteiger partial charge in [0.2, 0.25) is 0 Å². The smallest absolute Gasteiger partial charge is 0.170 e. The Morgan fingerprint density at radius 1 is 0.792 bits per heavy atom. The van der Waals surface area contributed by atoms with Crippen LogP contribution in [0.25, 0.3) is 0 Å². The minimum absolute atomic E-state index is 0.469. The third-order valence-electron chi connectivity index (χ3n) is 3.93. The van der Waals surface area contributed by atoms with Gasteiger partial charge >= 0.3 is 0 Å². The Kier molecular flexibility index (Phi) is 4.73. The summed E-state index contributed by atoms with van der Waals surface area (Å²) in [7, 11) is 0. The summed E-state index contributed by atoms with van der Waals surface area (Å²) in [6, 6.07) is 25.7. The number of aldehydes is 1. The van der Waals surface area contributed by atoms with Crippen molar-refractivity contribution >= 4 is 6.29 Å². The van der Waals surface area contributed by atoms with E-state index in [1.165, 1.54) is 0 Å². The number of aliphatic hydroxyl groups is 1. The zero-order chi connectivity index (χ0) is 16.8. The minimum atomic E-state index is -1.65. The van der Waals surface area contributed by atoms with Gasteiger partial charge in [0, 0.05) is 0 Å². The van der Waals surface area contributed by atoms with Gasteiger partial charge in [0.25, 0.3) is 0 Å². The first-order chi connectivity index (χ1) is 11.7. The van der Waals surface area contributed by atoms with Crippen molar-refractivity contribution in [3.63, 3.8) is 0 Å². The van der Waals surface area contributed by atoms with Gasteiger partial charge in [-0.25, -0.2) is 0 Å². The molecule has 3 aromatic carbocycles. The van der Waals surface area contributed by atoms with Crippen LogP contribution in [0.1, 0.15) is 16.7 Å². The minimum Gasteiger partial charge on any atom is -0.489 e. The average Bonchev–Trinajstić information content (AvgIpc) is 2.67. The van der Waals surface area contributed by atoms with Crippen molar-refractivity contribution in [2.24, 2.45) is 0 Å². The van der Waals surface area contributed by atoms with Crippen LogP contribution in [0, 0.1) is 0 Å². The lowest BCUT2D eigenvalue weighted by molar-refractivity contribution is -0.121. The number of ether oxygens (including phenoxy) is 1. The lowest BCUT2D eigenvalue weighted by atomic mass is 9.88. The number of benzene rings is 3. The molecule has 24 heavy (non-hydrogen) atoms. The van der Waals surface area contributed by atoms with Crippen LogP contribution in [0.2, 0.25) is 0 Å². The van der Waals surface area contributed by atoms with Gasteiger partial charge in [-0.2, -0.15) is 0 Å². The molecule has 3 heteroatoms. The molecule has 120 valence electrons. The van der Waals surface area contributed by atoms with Crippen molar-refractivity contribution in [1.82, 2.24) is 0 Å². The Morgan fingerprint density at radius 2 is 1.33 bits per heavy atom. The van der Waals surface area contributed by atoms with Crippen molar-refractivity contribution in [3.8, 4) is 5.75 Å². The van der Waals surface area contributed by atoms with Crippen LogP contribution in [-0.4, -0.2) is 11.4 Å². The lowest BCUT2D eigenvalue weighted by Gasteiger charge is -2.23. The summed E-state index contributed by atoms with van der Waals surface area (Å²) in [6.45, 7) is 0.469. The summed E-state index contributed by atoms with van der Waals surface area (Å²) < 4.78 is 5.73. The molecule has 0 spiro atoms. The molecule has 0 saturated carbocycles. The second-order valence-corrected chi connectivity index (χ2v) is 5.55. The summed E-state index contributed by atoms with van der Waals surface area (Å²) in [4.78, 5) is 11.5. The van der Waals surface area contributed by atoms with Crippen LogP contribution in [0.4, 0.5) is 0 Å². The van der Waals surface area contributed by atoms with Crippen molar-refractivity contribution in [3.05, 3.63) is 102 Å². The summed E-state index contributed by atoms with van der Waals surface area (Å²) in [5.41, 5.74) is 0.475. The maximum absolute atomic E-state index is 11.5. The van der Waals surface area contributed by atoms with Crippen LogP contribution in [0.5, 0.6) is 5.75 Å². The van der Waals surface area contributed by atoms with E-state index in [0.717, 1.165) is 5.56 Å². The summed E-state index contributed by atoms with van der Waals surface area (Å²) >= 11 is 0. The van der Waals surface area contributed by atoms with Gasteiger partial charge in [0.05, 0.1) is 0 Å². The fourth-order valence-electron chi connectivity index (χ4n) is 2.54. The van der Waals surface area contributed by atoms with E-state index >= 15 is 0 Å². The van der Waals surface area contributed by atoms with Gasteiger partial charge in [0.1, 0.15) is 12.4 Å². The van der Waals surface area contributed by atoms with E-state index in [-0.39, 0.29) is 0 Å². The van der Waals surface area contributed by atoms with Gasteiger partial charge in [-0.1, -0.05) is 72.8 Å². The van der Waals surface area contributed by atoms with Gasteiger partial charge in [-0.3, -0.25) is 4.79 Å². The molecule has 1 unspecified atom stereocenters. The number of hydrogen-bond acceptors (Lipinski definition) is 3. The molecule has 0 aliphatic heterocycles. The van der Waals surface area contributed by atoms with Crippen LogP contribution in [0.3, 0.4) is 0 Å². The predicted octanol–water partition coefficient (Wildman–Crippen LogP) is 3.70. The third-order valence-corrected chi connectivity index (χ3v) is 3.93. The molecule has 1 N–H and O–H groups in total. The van der Waals surface area contributed by atoms with Gasteiger partial charge in [0.15, 0.2) is 11.9 Å². The highest BCUT2D eigenvalue weighted by atomic mass is 16.5. The Labute approximate surface area is 141 Å². The molecule has 0 fully saturated rings. The first-order valence-corrected chi connectivity index (χ1v) is 7.74. The molecule has 0 radical (unpaired) electrons. The molecule has 0 heterocycles. The summed E-state index contributed by atoms with van der Waals surface area (Å²) in [5.74, 6) is 0.684. The molecule has 0 amide bonds. The van der Waals surface area contributed by atoms with E-state index in [4.69, 9.17) is 4.74 Å². The molecule has 0 aliphatic rings. The Hall–Kier alpha value is -2.91. The van der Waals surface area contributed by atoms with Crippen molar-refractivity contribution in [2.75, 3.05) is 0 Å². The summed E-state index contributed by atoms with van der Waals surface area (Å²) in [5, 5.41) is 10.8. The number of hydrogen-bond donors (Lipinski definition) is 1. The molecule has 1 atom stereocenters. The highest BCUT2D eigenvalue weighted by molar-refractivity contribution is 5.72. The number of carbonyl (C=O) groups is 1. The maximum Gasteiger partial charge on any atom is 0.170 e. The Morgan fingerprint density at radius 3 is 1.92 bits per heavy atom.